The zero-order valence-corrected chi connectivity index (χ0v) is 11.6. The molecule has 1 aliphatic rings. The average molecular weight is 254 g/mol. The van der Waals surface area contributed by atoms with Crippen LogP contribution in [0.4, 0.5) is 0 Å². The highest BCUT2D eigenvalue weighted by atomic mass is 35.5. The molecule has 92 valence electrons. The van der Waals surface area contributed by atoms with Gasteiger partial charge in [0.1, 0.15) is 5.15 Å². The van der Waals surface area contributed by atoms with Crippen molar-refractivity contribution in [2.45, 2.75) is 45.8 Å². The predicted molar refractivity (Wildman–Crippen MR) is 69.7 cm³/mol. The number of aromatic nitrogens is 1. The summed E-state index contributed by atoms with van der Waals surface area (Å²) in [5.74, 6) is 0. The molecule has 0 amide bonds. The number of halogens is 1. The molecule has 1 fully saturated rings. The maximum atomic E-state index is 5.94. The van der Waals surface area contributed by atoms with E-state index in [0.717, 1.165) is 11.0 Å². The van der Waals surface area contributed by atoms with Crippen molar-refractivity contribution >= 4 is 24.2 Å². The normalized spacial score (nSPS) is 21.9. The van der Waals surface area contributed by atoms with Crippen molar-refractivity contribution in [2.75, 3.05) is 0 Å². The van der Waals surface area contributed by atoms with Gasteiger partial charge in [-0.25, -0.2) is 4.98 Å². The molecule has 1 aliphatic heterocycles. The van der Waals surface area contributed by atoms with Crippen LogP contribution in [0, 0.1) is 6.92 Å². The van der Waals surface area contributed by atoms with Crippen molar-refractivity contribution in [1.29, 1.82) is 0 Å². The van der Waals surface area contributed by atoms with Gasteiger partial charge in [-0.3, -0.25) is 0 Å². The molecule has 0 saturated carbocycles. The summed E-state index contributed by atoms with van der Waals surface area (Å²) < 4.78 is 11.9. The van der Waals surface area contributed by atoms with Crippen molar-refractivity contribution in [3.05, 3.63) is 23.0 Å². The number of rotatable bonds is 1. The van der Waals surface area contributed by atoms with Crippen molar-refractivity contribution in [2.24, 2.45) is 0 Å². The number of nitrogens with zero attached hydrogens (tertiary/aromatic N) is 1. The van der Waals surface area contributed by atoms with E-state index in [-0.39, 0.29) is 18.3 Å². The zero-order valence-electron chi connectivity index (χ0n) is 10.9. The Labute approximate surface area is 108 Å². The van der Waals surface area contributed by atoms with Crippen LogP contribution in [0.25, 0.3) is 0 Å². The minimum Gasteiger partial charge on any atom is -0.399 e. The lowest BCUT2D eigenvalue weighted by Gasteiger charge is -2.32. The van der Waals surface area contributed by atoms with Crippen LogP contribution in [0.2, 0.25) is 5.15 Å². The average Bonchev–Trinajstić information content (AvgIpc) is 2.41. The third-order valence-corrected chi connectivity index (χ3v) is 3.96. The van der Waals surface area contributed by atoms with Crippen molar-refractivity contribution in [1.82, 2.24) is 4.98 Å². The molecule has 0 bridgehead atoms. The molecule has 17 heavy (non-hydrogen) atoms. The van der Waals surface area contributed by atoms with Gasteiger partial charge in [-0.1, -0.05) is 17.7 Å². The number of pyridine rings is 1. The van der Waals surface area contributed by atoms with Crippen LogP contribution in [-0.4, -0.2) is 23.3 Å². The maximum Gasteiger partial charge on any atom is 0.496 e. The standard InChI is InChI=1S/C12H17BClNO2/c1-8-6-9(7-15-10(8)14)13-16-11(2,3)12(4,5)17-13/h6-7H,1-5H3. The Bertz CT molecular complexity index is 432. The van der Waals surface area contributed by atoms with Crippen LogP contribution in [0.5, 0.6) is 0 Å². The molecule has 3 nitrogen and oxygen atoms in total. The van der Waals surface area contributed by atoms with Gasteiger partial charge in [-0.15, -0.1) is 0 Å². The van der Waals surface area contributed by atoms with Gasteiger partial charge in [0.05, 0.1) is 11.2 Å². The molecule has 0 atom stereocenters. The van der Waals surface area contributed by atoms with E-state index >= 15 is 0 Å². The molecule has 0 radical (unpaired) electrons. The van der Waals surface area contributed by atoms with Gasteiger partial charge in [-0.2, -0.15) is 0 Å². The van der Waals surface area contributed by atoms with Gasteiger partial charge in [0.2, 0.25) is 0 Å². The SMILES string of the molecule is Cc1cc(B2OC(C)(C)C(C)(C)O2)cnc1Cl. The van der Waals surface area contributed by atoms with Gasteiger partial charge < -0.3 is 9.31 Å². The van der Waals surface area contributed by atoms with Crippen molar-refractivity contribution < 1.29 is 9.31 Å². The van der Waals surface area contributed by atoms with E-state index in [1.807, 2.05) is 40.7 Å². The molecular weight excluding hydrogens is 236 g/mol. The molecule has 0 spiro atoms. The highest BCUT2D eigenvalue weighted by Crippen LogP contribution is 2.36. The van der Waals surface area contributed by atoms with Crippen LogP contribution >= 0.6 is 11.6 Å². The maximum absolute atomic E-state index is 5.94. The Hall–Kier alpha value is -0.575. The second-order valence-electron chi connectivity index (χ2n) is 5.46. The van der Waals surface area contributed by atoms with Crippen molar-refractivity contribution in [3.8, 4) is 0 Å². The molecule has 0 aliphatic carbocycles. The van der Waals surface area contributed by atoms with Crippen LogP contribution in [0.3, 0.4) is 0 Å². The Kier molecular flexibility index (Phi) is 3.01. The van der Waals surface area contributed by atoms with Gasteiger partial charge in [0.25, 0.3) is 0 Å². The first kappa shape index (κ1) is 12.9. The third-order valence-electron chi connectivity index (χ3n) is 3.56. The second-order valence-corrected chi connectivity index (χ2v) is 5.82. The fourth-order valence-corrected chi connectivity index (χ4v) is 1.79. The van der Waals surface area contributed by atoms with E-state index in [2.05, 4.69) is 4.98 Å². The molecular formula is C12H17BClNO2. The van der Waals surface area contributed by atoms with E-state index < -0.39 is 0 Å². The first-order valence-electron chi connectivity index (χ1n) is 5.71. The van der Waals surface area contributed by atoms with E-state index in [4.69, 9.17) is 20.9 Å². The van der Waals surface area contributed by atoms with Crippen molar-refractivity contribution in [3.63, 3.8) is 0 Å². The van der Waals surface area contributed by atoms with E-state index in [0.29, 0.717) is 5.15 Å². The van der Waals surface area contributed by atoms with Crippen LogP contribution in [0.1, 0.15) is 33.3 Å². The number of aryl methyl sites for hydroxylation is 1. The van der Waals surface area contributed by atoms with Gasteiger partial charge >= 0.3 is 7.12 Å². The minimum absolute atomic E-state index is 0.328. The summed E-state index contributed by atoms with van der Waals surface area (Å²) in [7, 11) is -0.372. The smallest absolute Gasteiger partial charge is 0.399 e. The molecule has 0 unspecified atom stereocenters. The summed E-state index contributed by atoms with van der Waals surface area (Å²) in [4.78, 5) is 4.12. The monoisotopic (exact) mass is 253 g/mol. The molecule has 1 aromatic heterocycles. The minimum atomic E-state index is -0.372. The molecule has 1 saturated heterocycles. The summed E-state index contributed by atoms with van der Waals surface area (Å²) in [6.07, 6.45) is 1.71. The van der Waals surface area contributed by atoms with E-state index in [1.165, 1.54) is 0 Å². The lowest BCUT2D eigenvalue weighted by atomic mass is 9.80. The van der Waals surface area contributed by atoms with Crippen LogP contribution in [0.15, 0.2) is 12.3 Å². The fraction of sp³-hybridized carbons (Fsp3) is 0.583. The lowest BCUT2D eigenvalue weighted by molar-refractivity contribution is 0.00578. The highest BCUT2D eigenvalue weighted by Gasteiger charge is 2.51. The van der Waals surface area contributed by atoms with Gasteiger partial charge in [0, 0.05) is 11.7 Å². The predicted octanol–water partition coefficient (Wildman–Crippen LogP) is 2.34. The van der Waals surface area contributed by atoms with Gasteiger partial charge in [0.15, 0.2) is 0 Å². The summed E-state index contributed by atoms with van der Waals surface area (Å²) >= 11 is 5.91. The summed E-state index contributed by atoms with van der Waals surface area (Å²) in [5.41, 5.74) is 1.18. The molecule has 5 heteroatoms. The first-order valence-corrected chi connectivity index (χ1v) is 6.08. The first-order chi connectivity index (χ1) is 7.73. The highest BCUT2D eigenvalue weighted by molar-refractivity contribution is 6.62. The Morgan fingerprint density at radius 1 is 1.18 bits per heavy atom. The van der Waals surface area contributed by atoms with E-state index in [9.17, 15) is 0 Å². The zero-order chi connectivity index (χ0) is 12.8. The molecule has 0 aromatic carbocycles. The quantitative estimate of drug-likeness (QED) is 0.569. The largest absolute Gasteiger partial charge is 0.496 e. The Balaban J connectivity index is 2.29. The molecule has 1 aromatic rings. The summed E-state index contributed by atoms with van der Waals surface area (Å²) in [6.45, 7) is 10.0. The molecule has 0 N–H and O–H groups in total. The molecule has 2 rings (SSSR count). The van der Waals surface area contributed by atoms with Crippen LogP contribution < -0.4 is 5.46 Å². The third kappa shape index (κ3) is 2.22. The lowest BCUT2D eigenvalue weighted by Crippen LogP contribution is -2.41. The van der Waals surface area contributed by atoms with Crippen LogP contribution in [-0.2, 0) is 9.31 Å². The number of hydrogen-bond acceptors (Lipinski definition) is 3. The van der Waals surface area contributed by atoms with Gasteiger partial charge in [-0.05, 0) is 40.2 Å². The second kappa shape index (κ2) is 3.97. The Morgan fingerprint density at radius 3 is 2.18 bits per heavy atom. The fourth-order valence-electron chi connectivity index (χ4n) is 1.69. The van der Waals surface area contributed by atoms with E-state index in [1.54, 1.807) is 6.20 Å². The summed E-state index contributed by atoms with van der Waals surface area (Å²) in [5, 5.41) is 0.519. The Morgan fingerprint density at radius 2 is 1.71 bits per heavy atom. The topological polar surface area (TPSA) is 31.4 Å². The summed E-state index contributed by atoms with van der Waals surface area (Å²) in [6, 6.07) is 1.96. The molecule has 2 heterocycles. The number of hydrogen-bond donors (Lipinski definition) is 0.